The molecule has 3 N–H and O–H groups in total. The molecule has 0 atom stereocenters. The first-order valence-corrected chi connectivity index (χ1v) is 18.9. The van der Waals surface area contributed by atoms with Crippen molar-refractivity contribution in [2.75, 3.05) is 13.1 Å². The quantitative estimate of drug-likeness (QED) is 0.131. The molecule has 4 aromatic carbocycles. The Hall–Kier alpha value is -5.86. The number of esters is 1. The van der Waals surface area contributed by atoms with E-state index < -0.39 is 46.8 Å². The van der Waals surface area contributed by atoms with Gasteiger partial charge in [0.25, 0.3) is 11.8 Å². The first-order valence-electron chi connectivity index (χ1n) is 17.3. The van der Waals surface area contributed by atoms with E-state index in [4.69, 9.17) is 9.84 Å². The Bertz CT molecular complexity index is 2550. The number of fused-ring (bicyclic) bond motifs is 2. The van der Waals surface area contributed by atoms with Gasteiger partial charge in [-0.1, -0.05) is 92.5 Å². The van der Waals surface area contributed by atoms with Gasteiger partial charge in [-0.15, -0.1) is 0 Å². The third kappa shape index (κ3) is 10.9. The predicted octanol–water partition coefficient (Wildman–Crippen LogP) is 6.51. The third-order valence-electron chi connectivity index (χ3n) is 8.18. The van der Waals surface area contributed by atoms with Gasteiger partial charge in [-0.2, -0.15) is 0 Å². The number of hydrogen-bond donors (Lipinski definition) is 3. The Morgan fingerprint density at radius 3 is 1.45 bits per heavy atom. The van der Waals surface area contributed by atoms with Crippen LogP contribution in [0.3, 0.4) is 0 Å². The standard InChI is InChI=1S/C23H23BrN2O4.C19H15BrN2O4/c1-23(2,3)30-20(27)12-25-22(29)18-14-26(13-15-7-5-4-6-8-15)19-10-9-16(24)11-17(19)21(18)28;20-13-6-7-16-14(8-13)18(25)15(19(26)21-9-17(23)24)11-22(16)10-12-4-2-1-3-5-12/h4-11,14H,12-13H2,1-3H3,(H,25,29);1-8,11H,9-10H2,(H,21,26)(H,23,24). The first kappa shape index (κ1) is 41.3. The van der Waals surface area contributed by atoms with E-state index >= 15 is 0 Å². The maximum Gasteiger partial charge on any atom is 0.325 e. The molecule has 2 amide bonds. The third-order valence-corrected chi connectivity index (χ3v) is 9.17. The second-order valence-corrected chi connectivity index (χ2v) is 15.5. The second-order valence-electron chi connectivity index (χ2n) is 13.6. The number of hydrogen-bond acceptors (Lipinski definition) is 7. The summed E-state index contributed by atoms with van der Waals surface area (Å²) in [5.74, 6) is -3.06. The number of aliphatic carboxylic acids is 1. The van der Waals surface area contributed by atoms with Gasteiger partial charge in [-0.3, -0.25) is 28.8 Å². The van der Waals surface area contributed by atoms with Gasteiger partial charge >= 0.3 is 11.9 Å². The smallest absolute Gasteiger partial charge is 0.325 e. The summed E-state index contributed by atoms with van der Waals surface area (Å²) in [6.45, 7) is 5.34. The molecule has 0 unspecified atom stereocenters. The van der Waals surface area contributed by atoms with Crippen LogP contribution in [0.1, 0.15) is 52.6 Å². The predicted molar refractivity (Wildman–Crippen MR) is 221 cm³/mol. The summed E-state index contributed by atoms with van der Waals surface area (Å²) in [5, 5.41) is 14.3. The molecule has 0 radical (unpaired) electrons. The van der Waals surface area contributed by atoms with E-state index in [0.717, 1.165) is 25.6 Å². The summed E-state index contributed by atoms with van der Waals surface area (Å²) >= 11 is 6.73. The van der Waals surface area contributed by atoms with Crippen molar-refractivity contribution in [3.05, 3.63) is 161 Å². The van der Waals surface area contributed by atoms with Crippen molar-refractivity contribution in [3.8, 4) is 0 Å². The zero-order valence-electron chi connectivity index (χ0n) is 30.7. The number of carboxylic acid groups (broad SMARTS) is 1. The Kier molecular flexibility index (Phi) is 13.4. The molecule has 288 valence electrons. The van der Waals surface area contributed by atoms with Gasteiger partial charge < -0.3 is 29.6 Å². The maximum absolute atomic E-state index is 13.0. The van der Waals surface area contributed by atoms with Gasteiger partial charge in [0.05, 0.1) is 11.0 Å². The number of pyridine rings is 2. The van der Waals surface area contributed by atoms with Gasteiger partial charge in [0.2, 0.25) is 10.9 Å². The van der Waals surface area contributed by atoms with Crippen molar-refractivity contribution in [2.45, 2.75) is 39.5 Å². The summed E-state index contributed by atoms with van der Waals surface area (Å²) < 4.78 is 10.3. The molecule has 2 heterocycles. The van der Waals surface area contributed by atoms with E-state index in [9.17, 15) is 28.8 Å². The van der Waals surface area contributed by atoms with Crippen LogP contribution in [0, 0.1) is 0 Å². The first-order chi connectivity index (χ1) is 26.6. The van der Waals surface area contributed by atoms with Crippen LogP contribution in [0.5, 0.6) is 0 Å². The molecule has 0 saturated heterocycles. The number of rotatable bonds is 10. The lowest BCUT2D eigenvalue weighted by Gasteiger charge is -2.19. The molecule has 12 nitrogen and oxygen atoms in total. The number of nitrogens with one attached hydrogen (secondary N) is 2. The van der Waals surface area contributed by atoms with Crippen LogP contribution >= 0.6 is 31.9 Å². The van der Waals surface area contributed by atoms with Gasteiger partial charge in [-0.25, -0.2) is 0 Å². The molecule has 0 bridgehead atoms. The fourth-order valence-electron chi connectivity index (χ4n) is 5.76. The molecule has 0 aliphatic rings. The van der Waals surface area contributed by atoms with Crippen LogP contribution in [0.25, 0.3) is 21.8 Å². The normalized spacial score (nSPS) is 11.0. The van der Waals surface area contributed by atoms with Crippen LogP contribution in [0.2, 0.25) is 0 Å². The minimum Gasteiger partial charge on any atom is -0.480 e. The number of amides is 2. The number of carbonyl (C=O) groups is 4. The van der Waals surface area contributed by atoms with Crippen molar-refractivity contribution in [1.29, 1.82) is 0 Å². The summed E-state index contributed by atoms with van der Waals surface area (Å²) in [6.07, 6.45) is 3.01. The summed E-state index contributed by atoms with van der Waals surface area (Å²) in [7, 11) is 0. The molecule has 56 heavy (non-hydrogen) atoms. The topological polar surface area (TPSA) is 166 Å². The van der Waals surface area contributed by atoms with Crippen LogP contribution < -0.4 is 21.5 Å². The van der Waals surface area contributed by atoms with E-state index in [1.807, 2.05) is 94.1 Å². The highest BCUT2D eigenvalue weighted by Gasteiger charge is 2.20. The van der Waals surface area contributed by atoms with Crippen molar-refractivity contribution in [3.63, 3.8) is 0 Å². The second kappa shape index (κ2) is 18.2. The number of benzene rings is 4. The molecule has 0 spiro atoms. The average Bonchev–Trinajstić information content (AvgIpc) is 3.15. The van der Waals surface area contributed by atoms with Crippen LogP contribution in [-0.2, 0) is 27.4 Å². The highest BCUT2D eigenvalue weighted by Crippen LogP contribution is 2.21. The zero-order chi connectivity index (χ0) is 40.6. The highest BCUT2D eigenvalue weighted by atomic mass is 79.9. The summed E-state index contributed by atoms with van der Waals surface area (Å²) in [4.78, 5) is 73.3. The van der Waals surface area contributed by atoms with Crippen LogP contribution in [0.15, 0.2) is 128 Å². The number of carbonyl (C=O) groups excluding carboxylic acids is 3. The number of carboxylic acids is 1. The SMILES string of the molecule is CC(C)(C)OC(=O)CNC(=O)c1cn(Cc2ccccc2)c2ccc(Br)cc2c1=O.O=C(O)CNC(=O)c1cn(Cc2ccccc2)c2ccc(Br)cc2c1=O. The number of halogens is 2. The Labute approximate surface area is 338 Å². The molecular formula is C42H38Br2N4O8. The molecular weight excluding hydrogens is 848 g/mol. The Balaban J connectivity index is 0.000000216. The van der Waals surface area contributed by atoms with E-state index in [-0.39, 0.29) is 17.7 Å². The lowest BCUT2D eigenvalue weighted by molar-refractivity contribution is -0.153. The Morgan fingerprint density at radius 1 is 0.643 bits per heavy atom. The maximum atomic E-state index is 13.0. The number of aromatic nitrogens is 2. The lowest BCUT2D eigenvalue weighted by Crippen LogP contribution is -2.36. The summed E-state index contributed by atoms with van der Waals surface area (Å²) in [6, 6.07) is 30.1. The van der Waals surface area contributed by atoms with E-state index in [1.165, 1.54) is 12.4 Å². The number of nitrogens with zero attached hydrogens (tertiary/aromatic N) is 2. The Morgan fingerprint density at radius 2 is 1.05 bits per heavy atom. The molecule has 2 aromatic heterocycles. The van der Waals surface area contributed by atoms with E-state index in [1.54, 1.807) is 32.9 Å². The van der Waals surface area contributed by atoms with Gasteiger partial charge in [0.1, 0.15) is 29.8 Å². The van der Waals surface area contributed by atoms with E-state index in [2.05, 4.69) is 42.5 Å². The van der Waals surface area contributed by atoms with Crippen molar-refractivity contribution in [2.24, 2.45) is 0 Å². The largest absolute Gasteiger partial charge is 0.480 e. The van der Waals surface area contributed by atoms with E-state index in [0.29, 0.717) is 29.4 Å². The minimum atomic E-state index is -1.17. The van der Waals surface area contributed by atoms with Gasteiger partial charge in [0, 0.05) is 45.2 Å². The highest BCUT2D eigenvalue weighted by molar-refractivity contribution is 9.10. The molecule has 0 aliphatic carbocycles. The fraction of sp³-hybridized carbons (Fsp3) is 0.190. The monoisotopic (exact) mass is 884 g/mol. The van der Waals surface area contributed by atoms with Crippen molar-refractivity contribution < 1.29 is 29.0 Å². The van der Waals surface area contributed by atoms with Crippen LogP contribution in [-0.4, -0.2) is 56.7 Å². The summed E-state index contributed by atoms with van der Waals surface area (Å²) in [5.41, 5.74) is 1.85. The zero-order valence-corrected chi connectivity index (χ0v) is 33.8. The van der Waals surface area contributed by atoms with Crippen molar-refractivity contribution in [1.82, 2.24) is 19.8 Å². The van der Waals surface area contributed by atoms with Crippen LogP contribution in [0.4, 0.5) is 0 Å². The van der Waals surface area contributed by atoms with Crippen molar-refractivity contribution >= 4 is 77.4 Å². The molecule has 6 rings (SSSR count). The fourth-order valence-corrected chi connectivity index (χ4v) is 6.48. The average molecular weight is 887 g/mol. The van der Waals surface area contributed by atoms with Gasteiger partial charge in [0.15, 0.2) is 0 Å². The number of ether oxygens (including phenoxy) is 1. The lowest BCUT2D eigenvalue weighted by atomic mass is 10.1. The molecule has 0 saturated carbocycles. The molecule has 0 fully saturated rings. The molecule has 6 aromatic rings. The van der Waals surface area contributed by atoms with Gasteiger partial charge in [-0.05, 0) is 68.3 Å². The molecule has 14 heteroatoms. The molecule has 0 aliphatic heterocycles. The minimum absolute atomic E-state index is 0.0277.